The average molecular weight is 353 g/mol. The van der Waals surface area contributed by atoms with Crippen LogP contribution in [0.4, 0.5) is 0 Å². The van der Waals surface area contributed by atoms with Gasteiger partial charge in [0.15, 0.2) is 0 Å². The van der Waals surface area contributed by atoms with Gasteiger partial charge in [0.1, 0.15) is 0 Å². The number of hydrogen-bond acceptors (Lipinski definition) is 1. The SMILES string of the molecule is Cc1ccccc1C(CC(=O)NCc1ccc(Cl)cc1)n1cccc1. The normalized spacial score (nSPS) is 11.9. The Bertz CT molecular complexity index is 825. The van der Waals surface area contributed by atoms with Gasteiger partial charge >= 0.3 is 0 Å². The molecule has 3 nitrogen and oxygen atoms in total. The number of rotatable bonds is 6. The van der Waals surface area contributed by atoms with Gasteiger partial charge in [-0.25, -0.2) is 0 Å². The molecule has 1 N–H and O–H groups in total. The first-order chi connectivity index (χ1) is 12.1. The van der Waals surface area contributed by atoms with Crippen LogP contribution >= 0.6 is 11.6 Å². The van der Waals surface area contributed by atoms with Gasteiger partial charge in [-0.1, -0.05) is 48.0 Å². The minimum Gasteiger partial charge on any atom is -0.352 e. The molecule has 3 rings (SSSR count). The molecule has 1 aromatic heterocycles. The molecule has 0 aliphatic heterocycles. The van der Waals surface area contributed by atoms with Crippen molar-refractivity contribution in [1.82, 2.24) is 9.88 Å². The maximum Gasteiger partial charge on any atom is 0.222 e. The lowest BCUT2D eigenvalue weighted by molar-refractivity contribution is -0.121. The van der Waals surface area contributed by atoms with Gasteiger partial charge in [-0.15, -0.1) is 0 Å². The summed E-state index contributed by atoms with van der Waals surface area (Å²) in [5, 5.41) is 3.70. The lowest BCUT2D eigenvalue weighted by atomic mass is 9.98. The van der Waals surface area contributed by atoms with Crippen molar-refractivity contribution < 1.29 is 4.79 Å². The first kappa shape index (κ1) is 17.3. The number of aromatic nitrogens is 1. The van der Waals surface area contributed by atoms with Crippen LogP contribution in [0.2, 0.25) is 5.02 Å². The maximum atomic E-state index is 12.5. The smallest absolute Gasteiger partial charge is 0.222 e. The summed E-state index contributed by atoms with van der Waals surface area (Å²) in [7, 11) is 0. The number of hydrogen-bond donors (Lipinski definition) is 1. The van der Waals surface area contributed by atoms with Crippen molar-refractivity contribution in [2.75, 3.05) is 0 Å². The van der Waals surface area contributed by atoms with Gasteiger partial charge in [-0.2, -0.15) is 0 Å². The van der Waals surface area contributed by atoms with E-state index in [2.05, 4.69) is 28.9 Å². The molecule has 25 heavy (non-hydrogen) atoms. The molecule has 2 aromatic carbocycles. The first-order valence-electron chi connectivity index (χ1n) is 8.32. The summed E-state index contributed by atoms with van der Waals surface area (Å²) >= 11 is 5.89. The molecule has 0 spiro atoms. The van der Waals surface area contributed by atoms with Crippen LogP contribution in [-0.4, -0.2) is 10.5 Å². The van der Waals surface area contributed by atoms with Crippen molar-refractivity contribution in [2.24, 2.45) is 0 Å². The second-order valence-electron chi connectivity index (χ2n) is 6.11. The van der Waals surface area contributed by atoms with Gasteiger partial charge in [0.05, 0.1) is 12.5 Å². The van der Waals surface area contributed by atoms with Crippen molar-refractivity contribution in [2.45, 2.75) is 25.9 Å². The van der Waals surface area contributed by atoms with E-state index >= 15 is 0 Å². The van der Waals surface area contributed by atoms with E-state index in [-0.39, 0.29) is 11.9 Å². The van der Waals surface area contributed by atoms with Gasteiger partial charge in [-0.3, -0.25) is 4.79 Å². The molecule has 4 heteroatoms. The Morgan fingerprint density at radius 1 is 1.04 bits per heavy atom. The molecule has 0 fully saturated rings. The summed E-state index contributed by atoms with van der Waals surface area (Å²) in [6.07, 6.45) is 4.40. The topological polar surface area (TPSA) is 34.0 Å². The third-order valence-corrected chi connectivity index (χ3v) is 4.57. The van der Waals surface area contributed by atoms with Crippen LogP contribution < -0.4 is 5.32 Å². The fourth-order valence-corrected chi connectivity index (χ4v) is 3.07. The van der Waals surface area contributed by atoms with Crippen LogP contribution in [0.25, 0.3) is 0 Å². The standard InChI is InChI=1S/C21H21ClN2O/c1-16-6-2-3-7-19(16)20(24-12-4-5-13-24)14-21(25)23-15-17-8-10-18(22)11-9-17/h2-13,20H,14-15H2,1H3,(H,23,25). The van der Waals surface area contributed by atoms with Crippen LogP contribution in [0.5, 0.6) is 0 Å². The Hall–Kier alpha value is -2.52. The molecule has 0 aliphatic rings. The largest absolute Gasteiger partial charge is 0.352 e. The molecule has 128 valence electrons. The highest BCUT2D eigenvalue weighted by atomic mass is 35.5. The number of benzene rings is 2. The Balaban J connectivity index is 1.71. The van der Waals surface area contributed by atoms with Crippen molar-refractivity contribution in [3.8, 4) is 0 Å². The zero-order chi connectivity index (χ0) is 17.6. The third-order valence-electron chi connectivity index (χ3n) is 4.32. The number of carbonyl (C=O) groups is 1. The minimum absolute atomic E-state index is 0.0126. The molecular formula is C21H21ClN2O. The van der Waals surface area contributed by atoms with Gasteiger partial charge in [0, 0.05) is 24.0 Å². The Labute approximate surface area is 153 Å². The lowest BCUT2D eigenvalue weighted by Crippen LogP contribution is -2.26. The number of carbonyl (C=O) groups excluding carboxylic acids is 1. The van der Waals surface area contributed by atoms with Crippen LogP contribution in [0, 0.1) is 6.92 Å². The third kappa shape index (κ3) is 4.52. The highest BCUT2D eigenvalue weighted by molar-refractivity contribution is 6.30. The van der Waals surface area contributed by atoms with Crippen molar-refractivity contribution in [3.05, 3.63) is 94.8 Å². The fourth-order valence-electron chi connectivity index (χ4n) is 2.94. The average Bonchev–Trinajstić information content (AvgIpc) is 3.14. The van der Waals surface area contributed by atoms with Crippen molar-refractivity contribution in [3.63, 3.8) is 0 Å². The molecule has 1 amide bonds. The Morgan fingerprint density at radius 3 is 2.40 bits per heavy atom. The van der Waals surface area contributed by atoms with E-state index in [0.29, 0.717) is 18.0 Å². The van der Waals surface area contributed by atoms with Crippen LogP contribution in [0.3, 0.4) is 0 Å². The van der Waals surface area contributed by atoms with Gasteiger partial charge in [0.2, 0.25) is 5.91 Å². The van der Waals surface area contributed by atoms with E-state index in [1.807, 2.05) is 60.9 Å². The summed E-state index contributed by atoms with van der Waals surface area (Å²) in [6.45, 7) is 2.58. The molecule has 1 unspecified atom stereocenters. The van der Waals surface area contributed by atoms with E-state index in [1.54, 1.807) is 0 Å². The lowest BCUT2D eigenvalue weighted by Gasteiger charge is -2.21. The van der Waals surface area contributed by atoms with E-state index < -0.39 is 0 Å². The first-order valence-corrected chi connectivity index (χ1v) is 8.70. The molecular weight excluding hydrogens is 332 g/mol. The Kier molecular flexibility index (Phi) is 5.56. The molecule has 0 bridgehead atoms. The Morgan fingerprint density at radius 2 is 1.72 bits per heavy atom. The van der Waals surface area contributed by atoms with Gasteiger partial charge in [0.25, 0.3) is 0 Å². The summed E-state index contributed by atoms with van der Waals surface area (Å²) in [6, 6.07) is 19.7. The highest BCUT2D eigenvalue weighted by Gasteiger charge is 2.18. The number of nitrogens with one attached hydrogen (secondary N) is 1. The predicted molar refractivity (Wildman–Crippen MR) is 102 cm³/mol. The summed E-state index contributed by atoms with van der Waals surface area (Å²) in [4.78, 5) is 12.5. The zero-order valence-corrected chi connectivity index (χ0v) is 14.9. The second kappa shape index (κ2) is 8.04. The van der Waals surface area contributed by atoms with E-state index in [4.69, 9.17) is 11.6 Å². The molecule has 1 heterocycles. The quantitative estimate of drug-likeness (QED) is 0.682. The molecule has 0 aliphatic carbocycles. The summed E-state index contributed by atoms with van der Waals surface area (Å²) in [5.74, 6) is 0.0249. The fraction of sp³-hybridized carbons (Fsp3) is 0.190. The number of halogens is 1. The van der Waals surface area contributed by atoms with Gasteiger partial charge in [-0.05, 0) is 47.9 Å². The minimum atomic E-state index is -0.0126. The van der Waals surface area contributed by atoms with E-state index in [9.17, 15) is 4.79 Å². The molecule has 1 atom stereocenters. The molecule has 0 saturated carbocycles. The number of amides is 1. The highest BCUT2D eigenvalue weighted by Crippen LogP contribution is 2.25. The van der Waals surface area contributed by atoms with Gasteiger partial charge < -0.3 is 9.88 Å². The summed E-state index contributed by atoms with van der Waals surface area (Å²) in [5.41, 5.74) is 3.39. The zero-order valence-electron chi connectivity index (χ0n) is 14.2. The van der Waals surface area contributed by atoms with E-state index in [1.165, 1.54) is 11.1 Å². The molecule has 0 radical (unpaired) electrons. The van der Waals surface area contributed by atoms with E-state index in [0.717, 1.165) is 5.56 Å². The van der Waals surface area contributed by atoms with Crippen molar-refractivity contribution in [1.29, 1.82) is 0 Å². The maximum absolute atomic E-state index is 12.5. The number of nitrogens with zero attached hydrogens (tertiary/aromatic N) is 1. The second-order valence-corrected chi connectivity index (χ2v) is 6.55. The van der Waals surface area contributed by atoms with Crippen LogP contribution in [0.1, 0.15) is 29.2 Å². The molecule has 0 saturated heterocycles. The summed E-state index contributed by atoms with van der Waals surface area (Å²) < 4.78 is 2.09. The van der Waals surface area contributed by atoms with Crippen molar-refractivity contribution >= 4 is 17.5 Å². The van der Waals surface area contributed by atoms with Crippen LogP contribution in [0.15, 0.2) is 73.1 Å². The predicted octanol–water partition coefficient (Wildman–Crippen LogP) is 4.75. The monoisotopic (exact) mass is 352 g/mol. The molecule has 3 aromatic rings. The number of aryl methyl sites for hydroxylation is 1. The van der Waals surface area contributed by atoms with Crippen LogP contribution in [-0.2, 0) is 11.3 Å².